The summed E-state index contributed by atoms with van der Waals surface area (Å²) in [6, 6.07) is 8.99. The summed E-state index contributed by atoms with van der Waals surface area (Å²) in [5.74, 6) is 0.137. The van der Waals surface area contributed by atoms with E-state index in [9.17, 15) is 4.79 Å². The molecule has 3 nitrogen and oxygen atoms in total. The summed E-state index contributed by atoms with van der Waals surface area (Å²) in [6.07, 6.45) is 2.54. The molecule has 0 aliphatic carbocycles. The number of nitrogens with one attached hydrogen (secondary N) is 2. The van der Waals surface area contributed by atoms with Crippen molar-refractivity contribution in [3.8, 4) is 0 Å². The molecule has 1 aromatic carbocycles. The monoisotopic (exact) mass is 246 g/mol. The van der Waals surface area contributed by atoms with Crippen LogP contribution in [0.5, 0.6) is 0 Å². The maximum atomic E-state index is 11.9. The molecule has 0 bridgehead atoms. The standard InChI is InChI=1S/C15H22N2O/c1-11-3-5-13(6-4-11)10-15(18)17-14-7-8-16-12(2)9-14/h3-6,12,14,16H,7-10H2,1-2H3,(H,17,18). The van der Waals surface area contributed by atoms with Crippen LogP contribution in [-0.2, 0) is 11.2 Å². The second-order valence-electron chi connectivity index (χ2n) is 5.31. The minimum Gasteiger partial charge on any atom is -0.353 e. The summed E-state index contributed by atoms with van der Waals surface area (Å²) >= 11 is 0. The van der Waals surface area contributed by atoms with Gasteiger partial charge in [-0.1, -0.05) is 29.8 Å². The Morgan fingerprint density at radius 3 is 2.78 bits per heavy atom. The van der Waals surface area contributed by atoms with Crippen LogP contribution in [0.15, 0.2) is 24.3 Å². The van der Waals surface area contributed by atoms with Crippen molar-refractivity contribution in [1.82, 2.24) is 10.6 Å². The van der Waals surface area contributed by atoms with Crippen LogP contribution >= 0.6 is 0 Å². The molecule has 1 aromatic rings. The number of aryl methyl sites for hydroxylation is 1. The number of amides is 1. The lowest BCUT2D eigenvalue weighted by Crippen LogP contribution is -2.46. The zero-order valence-corrected chi connectivity index (χ0v) is 11.2. The molecular weight excluding hydrogens is 224 g/mol. The van der Waals surface area contributed by atoms with Gasteiger partial charge in [0.1, 0.15) is 0 Å². The highest BCUT2D eigenvalue weighted by Crippen LogP contribution is 2.09. The predicted octanol–water partition coefficient (Wildman–Crippen LogP) is 1.79. The molecule has 2 rings (SSSR count). The van der Waals surface area contributed by atoms with Crippen LogP contribution in [0.3, 0.4) is 0 Å². The zero-order chi connectivity index (χ0) is 13.0. The maximum absolute atomic E-state index is 11.9. The summed E-state index contributed by atoms with van der Waals surface area (Å²) in [4.78, 5) is 11.9. The lowest BCUT2D eigenvalue weighted by Gasteiger charge is -2.28. The van der Waals surface area contributed by atoms with Gasteiger partial charge in [-0.3, -0.25) is 4.79 Å². The van der Waals surface area contributed by atoms with Crippen LogP contribution in [0, 0.1) is 6.92 Å². The summed E-state index contributed by atoms with van der Waals surface area (Å²) in [6.45, 7) is 5.22. The van der Waals surface area contributed by atoms with Gasteiger partial charge in [0.15, 0.2) is 0 Å². The van der Waals surface area contributed by atoms with Crippen LogP contribution in [0.2, 0.25) is 0 Å². The van der Waals surface area contributed by atoms with E-state index in [4.69, 9.17) is 0 Å². The Hall–Kier alpha value is -1.35. The summed E-state index contributed by atoms with van der Waals surface area (Å²) in [7, 11) is 0. The fourth-order valence-electron chi connectivity index (χ4n) is 2.43. The lowest BCUT2D eigenvalue weighted by molar-refractivity contribution is -0.121. The molecule has 1 fully saturated rings. The van der Waals surface area contributed by atoms with Crippen molar-refractivity contribution >= 4 is 5.91 Å². The number of carbonyl (C=O) groups excluding carboxylic acids is 1. The van der Waals surface area contributed by atoms with Crippen LogP contribution < -0.4 is 10.6 Å². The fourth-order valence-corrected chi connectivity index (χ4v) is 2.43. The van der Waals surface area contributed by atoms with E-state index in [1.54, 1.807) is 0 Å². The van der Waals surface area contributed by atoms with Gasteiger partial charge in [0.2, 0.25) is 5.91 Å². The highest BCUT2D eigenvalue weighted by molar-refractivity contribution is 5.78. The Morgan fingerprint density at radius 1 is 1.39 bits per heavy atom. The molecular formula is C15H22N2O. The van der Waals surface area contributed by atoms with Crippen LogP contribution in [0.25, 0.3) is 0 Å². The molecule has 2 unspecified atom stereocenters. The largest absolute Gasteiger partial charge is 0.353 e. The third kappa shape index (κ3) is 3.84. The number of benzene rings is 1. The van der Waals surface area contributed by atoms with E-state index in [0.29, 0.717) is 18.5 Å². The number of rotatable bonds is 3. The molecule has 2 atom stereocenters. The van der Waals surface area contributed by atoms with E-state index in [-0.39, 0.29) is 5.91 Å². The number of hydrogen-bond donors (Lipinski definition) is 2. The first kappa shape index (κ1) is 13.1. The second kappa shape index (κ2) is 6.01. The molecule has 1 amide bonds. The molecule has 18 heavy (non-hydrogen) atoms. The normalized spacial score (nSPS) is 23.7. The van der Waals surface area contributed by atoms with Gasteiger partial charge in [0.05, 0.1) is 6.42 Å². The summed E-state index contributed by atoms with van der Waals surface area (Å²) in [5, 5.41) is 6.52. The van der Waals surface area contributed by atoms with Crippen LogP contribution in [-0.4, -0.2) is 24.5 Å². The molecule has 98 valence electrons. The molecule has 1 saturated heterocycles. The quantitative estimate of drug-likeness (QED) is 0.854. The Labute approximate surface area is 109 Å². The van der Waals surface area contributed by atoms with Crippen molar-refractivity contribution in [2.45, 2.75) is 45.2 Å². The molecule has 0 saturated carbocycles. The average molecular weight is 246 g/mol. The van der Waals surface area contributed by atoms with E-state index in [1.165, 1.54) is 5.56 Å². The van der Waals surface area contributed by atoms with Crippen molar-refractivity contribution in [3.05, 3.63) is 35.4 Å². The Morgan fingerprint density at radius 2 is 2.11 bits per heavy atom. The molecule has 0 aromatic heterocycles. The van der Waals surface area contributed by atoms with Gasteiger partial charge in [0.25, 0.3) is 0 Å². The molecule has 1 aliphatic heterocycles. The van der Waals surface area contributed by atoms with Crippen molar-refractivity contribution in [2.24, 2.45) is 0 Å². The highest BCUT2D eigenvalue weighted by Gasteiger charge is 2.19. The third-order valence-electron chi connectivity index (χ3n) is 3.47. The highest BCUT2D eigenvalue weighted by atomic mass is 16.1. The van der Waals surface area contributed by atoms with Gasteiger partial charge < -0.3 is 10.6 Å². The predicted molar refractivity (Wildman–Crippen MR) is 73.5 cm³/mol. The molecule has 2 N–H and O–H groups in total. The topological polar surface area (TPSA) is 41.1 Å². The second-order valence-corrected chi connectivity index (χ2v) is 5.31. The molecule has 0 spiro atoms. The van der Waals surface area contributed by atoms with Gasteiger partial charge in [-0.2, -0.15) is 0 Å². The van der Waals surface area contributed by atoms with Gasteiger partial charge in [0, 0.05) is 12.1 Å². The van der Waals surface area contributed by atoms with E-state index < -0.39 is 0 Å². The smallest absolute Gasteiger partial charge is 0.224 e. The Balaban J connectivity index is 1.83. The summed E-state index contributed by atoms with van der Waals surface area (Å²) in [5.41, 5.74) is 2.31. The SMILES string of the molecule is Cc1ccc(CC(=O)NC2CCNC(C)C2)cc1. The van der Waals surface area contributed by atoms with Crippen molar-refractivity contribution in [3.63, 3.8) is 0 Å². The average Bonchev–Trinajstić information content (AvgIpc) is 2.32. The zero-order valence-electron chi connectivity index (χ0n) is 11.2. The third-order valence-corrected chi connectivity index (χ3v) is 3.47. The lowest BCUT2D eigenvalue weighted by atomic mass is 10.00. The number of hydrogen-bond acceptors (Lipinski definition) is 2. The minimum atomic E-state index is 0.137. The minimum absolute atomic E-state index is 0.137. The number of carbonyl (C=O) groups is 1. The van der Waals surface area contributed by atoms with Gasteiger partial charge >= 0.3 is 0 Å². The van der Waals surface area contributed by atoms with E-state index in [2.05, 4.69) is 36.6 Å². The van der Waals surface area contributed by atoms with Crippen LogP contribution in [0.1, 0.15) is 30.9 Å². The van der Waals surface area contributed by atoms with E-state index >= 15 is 0 Å². The first-order chi connectivity index (χ1) is 8.63. The van der Waals surface area contributed by atoms with Crippen molar-refractivity contribution in [2.75, 3.05) is 6.54 Å². The van der Waals surface area contributed by atoms with Crippen LogP contribution in [0.4, 0.5) is 0 Å². The van der Waals surface area contributed by atoms with Gasteiger partial charge in [-0.25, -0.2) is 0 Å². The van der Waals surface area contributed by atoms with Gasteiger partial charge in [-0.05, 0) is 38.8 Å². The molecule has 1 aliphatic rings. The van der Waals surface area contributed by atoms with E-state index in [0.717, 1.165) is 24.9 Å². The Kier molecular flexibility index (Phi) is 4.37. The van der Waals surface area contributed by atoms with Crippen molar-refractivity contribution in [1.29, 1.82) is 0 Å². The number of piperidine rings is 1. The first-order valence-corrected chi connectivity index (χ1v) is 6.72. The first-order valence-electron chi connectivity index (χ1n) is 6.72. The Bertz CT molecular complexity index is 399. The fraction of sp³-hybridized carbons (Fsp3) is 0.533. The van der Waals surface area contributed by atoms with Crippen molar-refractivity contribution < 1.29 is 4.79 Å². The summed E-state index contributed by atoms with van der Waals surface area (Å²) < 4.78 is 0. The van der Waals surface area contributed by atoms with E-state index in [1.807, 2.05) is 12.1 Å². The van der Waals surface area contributed by atoms with Gasteiger partial charge in [-0.15, -0.1) is 0 Å². The maximum Gasteiger partial charge on any atom is 0.224 e. The molecule has 3 heteroatoms. The molecule has 0 radical (unpaired) electrons. The molecule has 1 heterocycles.